The van der Waals surface area contributed by atoms with Crippen LogP contribution in [0.4, 0.5) is 10.2 Å². The zero-order valence-corrected chi connectivity index (χ0v) is 16.6. The molecule has 0 radical (unpaired) electrons. The molecule has 0 bridgehead atoms. The molecule has 2 aromatic carbocycles. The molecule has 2 aromatic heterocycles. The van der Waals surface area contributed by atoms with Crippen LogP contribution in [0.5, 0.6) is 0 Å². The summed E-state index contributed by atoms with van der Waals surface area (Å²) in [5.41, 5.74) is 2.88. The van der Waals surface area contributed by atoms with E-state index >= 15 is 0 Å². The van der Waals surface area contributed by atoms with Crippen molar-refractivity contribution < 1.29 is 24.2 Å². The fourth-order valence-electron chi connectivity index (χ4n) is 3.14. The number of hydrogen-bond donors (Lipinski definition) is 3. The summed E-state index contributed by atoms with van der Waals surface area (Å²) in [5.74, 6) is -2.46. The Kier molecular flexibility index (Phi) is 5.63. The second-order valence-electron chi connectivity index (χ2n) is 6.87. The maximum Gasteiger partial charge on any atom is 0.335 e. The van der Waals surface area contributed by atoms with Crippen molar-refractivity contribution in [1.29, 1.82) is 0 Å². The number of carbonyl (C=O) groups is 2. The first kappa shape index (κ1) is 20.7. The summed E-state index contributed by atoms with van der Waals surface area (Å²) in [4.78, 5) is 26.2. The van der Waals surface area contributed by atoms with Gasteiger partial charge in [0.25, 0.3) is 0 Å². The number of nitrogens with one attached hydrogen (secondary N) is 1. The van der Waals surface area contributed by atoms with Gasteiger partial charge in [-0.25, -0.2) is 23.6 Å². The normalized spacial score (nSPS) is 10.7. The smallest absolute Gasteiger partial charge is 0.335 e. The molecule has 0 spiro atoms. The van der Waals surface area contributed by atoms with Crippen LogP contribution in [-0.2, 0) is 6.54 Å². The van der Waals surface area contributed by atoms with Crippen molar-refractivity contribution in [3.8, 4) is 16.9 Å². The lowest BCUT2D eigenvalue weighted by atomic mass is 10.1. The van der Waals surface area contributed by atoms with Crippen molar-refractivity contribution in [3.05, 3.63) is 95.6 Å². The molecule has 0 atom stereocenters. The van der Waals surface area contributed by atoms with Gasteiger partial charge in [0.1, 0.15) is 0 Å². The van der Waals surface area contributed by atoms with Crippen LogP contribution in [0, 0.1) is 5.82 Å². The highest BCUT2D eigenvalue weighted by atomic mass is 19.1. The average Bonchev–Trinajstić information content (AvgIpc) is 3.23. The van der Waals surface area contributed by atoms with Crippen molar-refractivity contribution >= 4 is 17.8 Å². The molecule has 4 aromatic rings. The van der Waals surface area contributed by atoms with Crippen molar-refractivity contribution in [2.75, 3.05) is 5.32 Å². The SMILES string of the molecule is O=C(O)c1ccc(-c2nn(-c3ccc(C(=O)O)cc3)cc2CNc2ncccc2F)cc1. The van der Waals surface area contributed by atoms with Crippen LogP contribution in [0.1, 0.15) is 26.3 Å². The Morgan fingerprint density at radius 1 is 0.938 bits per heavy atom. The summed E-state index contributed by atoms with van der Waals surface area (Å²) in [6, 6.07) is 15.3. The molecular formula is C23H17FN4O4. The Morgan fingerprint density at radius 2 is 1.56 bits per heavy atom. The summed E-state index contributed by atoms with van der Waals surface area (Å²) in [6.07, 6.45) is 3.22. The Bertz CT molecular complexity index is 1280. The van der Waals surface area contributed by atoms with E-state index in [0.717, 1.165) is 0 Å². The first-order valence-electron chi connectivity index (χ1n) is 9.53. The minimum Gasteiger partial charge on any atom is -0.478 e. The number of aromatic carboxylic acids is 2. The number of hydrogen-bond acceptors (Lipinski definition) is 5. The minimum atomic E-state index is -1.03. The molecule has 0 saturated heterocycles. The van der Waals surface area contributed by atoms with Crippen LogP contribution >= 0.6 is 0 Å². The fraction of sp³-hybridized carbons (Fsp3) is 0.0435. The molecule has 0 saturated carbocycles. The van der Waals surface area contributed by atoms with Crippen molar-refractivity contribution in [3.63, 3.8) is 0 Å². The second-order valence-corrected chi connectivity index (χ2v) is 6.87. The van der Waals surface area contributed by atoms with E-state index in [1.54, 1.807) is 35.1 Å². The topological polar surface area (TPSA) is 117 Å². The molecule has 0 aliphatic heterocycles. The Labute approximate surface area is 181 Å². The van der Waals surface area contributed by atoms with Gasteiger partial charge >= 0.3 is 11.9 Å². The van der Waals surface area contributed by atoms with E-state index in [1.165, 1.54) is 42.6 Å². The number of anilines is 1. The van der Waals surface area contributed by atoms with Gasteiger partial charge in [0.05, 0.1) is 22.5 Å². The van der Waals surface area contributed by atoms with Gasteiger partial charge in [0.2, 0.25) is 0 Å². The van der Waals surface area contributed by atoms with Crippen LogP contribution in [-0.4, -0.2) is 36.9 Å². The predicted molar refractivity (Wildman–Crippen MR) is 114 cm³/mol. The van der Waals surface area contributed by atoms with E-state index in [2.05, 4.69) is 15.4 Å². The average molecular weight is 432 g/mol. The number of pyridine rings is 1. The molecule has 4 rings (SSSR count). The number of carboxylic acid groups (broad SMARTS) is 2. The molecule has 0 unspecified atom stereocenters. The van der Waals surface area contributed by atoms with Crippen LogP contribution in [0.25, 0.3) is 16.9 Å². The number of rotatable bonds is 7. The zero-order chi connectivity index (χ0) is 22.7. The van der Waals surface area contributed by atoms with E-state index in [0.29, 0.717) is 22.5 Å². The molecule has 0 amide bonds. The summed E-state index contributed by atoms with van der Waals surface area (Å²) in [5, 5.41) is 25.8. The van der Waals surface area contributed by atoms with Crippen LogP contribution in [0.3, 0.4) is 0 Å². The number of halogens is 1. The Balaban J connectivity index is 1.71. The predicted octanol–water partition coefficient (Wildman–Crippen LogP) is 4.08. The van der Waals surface area contributed by atoms with E-state index < -0.39 is 17.8 Å². The second kappa shape index (κ2) is 8.68. The van der Waals surface area contributed by atoms with Gasteiger partial charge in [-0.2, -0.15) is 5.10 Å². The Hall–Kier alpha value is -4.53. The molecule has 0 fully saturated rings. The lowest BCUT2D eigenvalue weighted by Gasteiger charge is -2.07. The Morgan fingerprint density at radius 3 is 2.16 bits per heavy atom. The van der Waals surface area contributed by atoms with E-state index in [1.807, 2.05) is 0 Å². The third-order valence-corrected chi connectivity index (χ3v) is 4.78. The summed E-state index contributed by atoms with van der Waals surface area (Å²) in [7, 11) is 0. The first-order valence-corrected chi connectivity index (χ1v) is 9.53. The minimum absolute atomic E-state index is 0.0956. The van der Waals surface area contributed by atoms with Crippen molar-refractivity contribution in [1.82, 2.24) is 14.8 Å². The zero-order valence-electron chi connectivity index (χ0n) is 16.6. The van der Waals surface area contributed by atoms with E-state index in [-0.39, 0.29) is 23.5 Å². The monoisotopic (exact) mass is 432 g/mol. The van der Waals surface area contributed by atoms with Gasteiger partial charge in [-0.3, -0.25) is 0 Å². The fourth-order valence-corrected chi connectivity index (χ4v) is 3.14. The summed E-state index contributed by atoms with van der Waals surface area (Å²) in [6.45, 7) is 0.206. The molecule has 32 heavy (non-hydrogen) atoms. The first-order chi connectivity index (χ1) is 15.4. The van der Waals surface area contributed by atoms with Gasteiger partial charge in [0.15, 0.2) is 11.6 Å². The maximum atomic E-state index is 14.0. The molecule has 0 aliphatic rings. The molecule has 3 N–H and O–H groups in total. The van der Waals surface area contributed by atoms with Gasteiger partial charge in [0, 0.05) is 30.1 Å². The van der Waals surface area contributed by atoms with Crippen LogP contribution in [0.2, 0.25) is 0 Å². The maximum absolute atomic E-state index is 14.0. The quantitative estimate of drug-likeness (QED) is 0.403. The number of aromatic nitrogens is 3. The molecule has 160 valence electrons. The van der Waals surface area contributed by atoms with Gasteiger partial charge in [-0.1, -0.05) is 12.1 Å². The number of carboxylic acids is 2. The van der Waals surface area contributed by atoms with Gasteiger partial charge in [-0.05, 0) is 48.5 Å². The van der Waals surface area contributed by atoms with E-state index in [9.17, 15) is 14.0 Å². The third kappa shape index (κ3) is 4.31. The summed E-state index contributed by atoms with van der Waals surface area (Å²) >= 11 is 0. The van der Waals surface area contributed by atoms with E-state index in [4.69, 9.17) is 10.2 Å². The highest BCUT2D eigenvalue weighted by molar-refractivity contribution is 5.88. The van der Waals surface area contributed by atoms with Gasteiger partial charge in [-0.15, -0.1) is 0 Å². The lowest BCUT2D eigenvalue weighted by Crippen LogP contribution is -2.03. The van der Waals surface area contributed by atoms with Crippen LogP contribution < -0.4 is 5.32 Å². The highest BCUT2D eigenvalue weighted by Crippen LogP contribution is 2.25. The number of benzene rings is 2. The molecule has 2 heterocycles. The largest absolute Gasteiger partial charge is 0.478 e. The van der Waals surface area contributed by atoms with Crippen LogP contribution in [0.15, 0.2) is 73.1 Å². The molecule has 8 nitrogen and oxygen atoms in total. The molecular weight excluding hydrogens is 415 g/mol. The van der Waals surface area contributed by atoms with Crippen molar-refractivity contribution in [2.24, 2.45) is 0 Å². The lowest BCUT2D eigenvalue weighted by molar-refractivity contribution is 0.0686. The standard InChI is InChI=1S/C23H17FN4O4/c24-19-2-1-11-25-21(19)26-12-17-13-28(18-9-7-16(8-10-18)23(31)32)27-20(17)14-3-5-15(6-4-14)22(29)30/h1-11,13H,12H2,(H,25,26)(H,29,30)(H,31,32). The third-order valence-electron chi connectivity index (χ3n) is 4.78. The van der Waals surface area contributed by atoms with Crippen molar-refractivity contribution in [2.45, 2.75) is 6.54 Å². The number of nitrogens with zero attached hydrogens (tertiary/aromatic N) is 3. The molecule has 0 aliphatic carbocycles. The summed E-state index contributed by atoms with van der Waals surface area (Å²) < 4.78 is 15.5. The molecule has 9 heteroatoms. The van der Waals surface area contributed by atoms with Gasteiger partial charge < -0.3 is 15.5 Å². The highest BCUT2D eigenvalue weighted by Gasteiger charge is 2.15.